The quantitative estimate of drug-likeness (QED) is 0.135. The molecule has 0 spiro atoms. The summed E-state index contributed by atoms with van der Waals surface area (Å²) in [6, 6.07) is 52.5. The summed E-state index contributed by atoms with van der Waals surface area (Å²) in [5.41, 5.74) is 7.60. The number of aryl methyl sites for hydroxylation is 1. The van der Waals surface area contributed by atoms with Crippen LogP contribution in [0.4, 0.5) is 22.7 Å². The molecule has 0 bridgehead atoms. The smallest absolute Gasteiger partial charge is 0.187 e. The lowest BCUT2D eigenvalue weighted by Crippen LogP contribution is -2.46. The zero-order chi connectivity index (χ0) is 35.6. The van der Waals surface area contributed by atoms with Gasteiger partial charge in [-0.15, -0.1) is 0 Å². The molecule has 2 heterocycles. The summed E-state index contributed by atoms with van der Waals surface area (Å²) in [6.07, 6.45) is 0. The van der Waals surface area contributed by atoms with Crippen molar-refractivity contribution in [2.24, 2.45) is 0 Å². The van der Waals surface area contributed by atoms with Crippen molar-refractivity contribution in [3.05, 3.63) is 180 Å². The van der Waals surface area contributed by atoms with E-state index in [1.807, 2.05) is 153 Å². The molecule has 0 saturated heterocycles. The van der Waals surface area contributed by atoms with Crippen LogP contribution in [-0.4, -0.2) is 0 Å². The molecule has 246 valence electrons. The Labute approximate surface area is 302 Å². The van der Waals surface area contributed by atoms with Gasteiger partial charge in [0.15, 0.2) is 20.0 Å². The molecule has 2 aliphatic rings. The van der Waals surface area contributed by atoms with E-state index in [4.69, 9.17) is 6.57 Å². The average Bonchev–Trinajstić information content (AvgIpc) is 3.21. The highest BCUT2D eigenvalue weighted by Crippen LogP contribution is 2.61. The maximum absolute atomic E-state index is 16.3. The van der Waals surface area contributed by atoms with Crippen LogP contribution in [0.1, 0.15) is 11.1 Å². The van der Waals surface area contributed by atoms with Gasteiger partial charge < -0.3 is 14.0 Å². The van der Waals surface area contributed by atoms with Crippen LogP contribution in [0.5, 0.6) is 0 Å². The molecular weight excluding hydrogens is 676 g/mol. The molecule has 0 radical (unpaired) electrons. The van der Waals surface area contributed by atoms with Gasteiger partial charge in [0.1, 0.15) is 0 Å². The van der Waals surface area contributed by atoms with Gasteiger partial charge in [0, 0.05) is 31.8 Å². The van der Waals surface area contributed by atoms with E-state index in [1.165, 1.54) is 0 Å². The number of nitrogens with zero attached hydrogens (tertiary/aromatic N) is 3. The molecule has 7 heteroatoms. The average molecular weight is 706 g/mol. The Morgan fingerprint density at radius 2 is 1.06 bits per heavy atom. The second-order valence-corrected chi connectivity index (χ2v) is 18.5. The van der Waals surface area contributed by atoms with Crippen LogP contribution in [0.2, 0.25) is 0 Å². The fourth-order valence-electron chi connectivity index (χ4n) is 7.72. The van der Waals surface area contributed by atoms with Crippen LogP contribution < -0.4 is 36.7 Å². The second-order valence-electron chi connectivity index (χ2n) is 13.1. The predicted octanol–water partition coefficient (Wildman–Crippen LogP) is 9.13. The fraction of sp³-hybridized carbons (Fsp3) is 0.0222. The normalized spacial score (nSPS) is 17.9. The minimum atomic E-state index is -3.56. The molecule has 7 aromatic rings. The lowest BCUT2D eigenvalue weighted by molar-refractivity contribution is 0.592. The Balaban J connectivity index is 1.40. The molecular formula is C45H29N3O2P2. The van der Waals surface area contributed by atoms with E-state index in [9.17, 15) is 5.26 Å². The van der Waals surface area contributed by atoms with Gasteiger partial charge >= 0.3 is 0 Å². The van der Waals surface area contributed by atoms with E-state index in [-0.39, 0.29) is 0 Å². The predicted molar refractivity (Wildman–Crippen MR) is 214 cm³/mol. The first-order valence-electron chi connectivity index (χ1n) is 16.9. The third kappa shape index (κ3) is 4.61. The number of hydrogen-bond acceptors (Lipinski definition) is 4. The second kappa shape index (κ2) is 11.9. The summed E-state index contributed by atoms with van der Waals surface area (Å²) < 4.78 is 32.7. The van der Waals surface area contributed by atoms with Crippen molar-refractivity contribution in [1.29, 1.82) is 5.26 Å². The van der Waals surface area contributed by atoms with Crippen molar-refractivity contribution in [1.82, 2.24) is 0 Å². The molecule has 2 aliphatic heterocycles. The summed E-state index contributed by atoms with van der Waals surface area (Å²) >= 11 is 0. The van der Waals surface area contributed by atoms with Crippen LogP contribution in [0.3, 0.4) is 0 Å². The van der Waals surface area contributed by atoms with Crippen molar-refractivity contribution in [3.8, 4) is 28.3 Å². The molecule has 0 saturated carbocycles. The van der Waals surface area contributed by atoms with Crippen molar-refractivity contribution in [3.63, 3.8) is 0 Å². The summed E-state index contributed by atoms with van der Waals surface area (Å²) in [5, 5.41) is 13.7. The largest absolute Gasteiger partial charge is 0.308 e. The Morgan fingerprint density at radius 1 is 0.558 bits per heavy atom. The molecule has 0 aromatic heterocycles. The number of nitriles is 1. The molecule has 0 N–H and O–H groups in total. The summed E-state index contributed by atoms with van der Waals surface area (Å²) in [7, 11) is -7.13. The molecule has 5 nitrogen and oxygen atoms in total. The van der Waals surface area contributed by atoms with Gasteiger partial charge in [-0.25, -0.2) is 4.85 Å². The van der Waals surface area contributed by atoms with Crippen LogP contribution in [0.25, 0.3) is 27.1 Å². The minimum absolute atomic E-state index is 0.532. The van der Waals surface area contributed by atoms with Crippen molar-refractivity contribution in [2.45, 2.75) is 6.92 Å². The van der Waals surface area contributed by atoms with Crippen LogP contribution in [0, 0.1) is 24.8 Å². The first kappa shape index (κ1) is 31.7. The molecule has 7 aromatic carbocycles. The van der Waals surface area contributed by atoms with Gasteiger partial charge in [-0.3, -0.25) is 0 Å². The maximum Gasteiger partial charge on any atom is 0.187 e. The number of hydrogen-bond donors (Lipinski definition) is 0. The van der Waals surface area contributed by atoms with Crippen molar-refractivity contribution >= 4 is 68.9 Å². The standard InChI is InChI=1S/C45H29N3O2P2/c1-30-23-43-45-44(24-30)52(50,38-17-7-4-8-18-38)42-28-35(33-13-10-14-36(26-33)47-2)20-22-40(42)48(45)39-21-19-34(32-12-9-11-31(25-32)29-46)27-41(39)51(43,49)37-15-5-3-6-16-37/h3-28H,1H3. The SMILES string of the molecule is [C-]#[N+]c1cccc(-c2ccc3c(c2)P(=O)(c2ccccc2)c2cc(C)cc4c2N3c2ccc(-c3cccc(C#N)c3)cc2P4(=O)c2ccccc2)c1. The molecule has 52 heavy (non-hydrogen) atoms. The van der Waals surface area contributed by atoms with E-state index in [1.54, 1.807) is 12.1 Å². The number of rotatable bonds is 4. The molecule has 0 fully saturated rings. The zero-order valence-electron chi connectivity index (χ0n) is 28.1. The van der Waals surface area contributed by atoms with E-state index < -0.39 is 14.3 Å². The summed E-state index contributed by atoms with van der Waals surface area (Å²) in [4.78, 5) is 5.80. The zero-order valence-corrected chi connectivity index (χ0v) is 29.9. The molecule has 2 unspecified atom stereocenters. The Morgan fingerprint density at radius 3 is 1.58 bits per heavy atom. The first-order valence-corrected chi connectivity index (χ1v) is 20.3. The maximum atomic E-state index is 16.3. The first-order chi connectivity index (χ1) is 25.3. The molecule has 0 aliphatic carbocycles. The Hall–Kier alpha value is -6.22. The monoisotopic (exact) mass is 705 g/mol. The molecule has 9 rings (SSSR count). The third-order valence-electron chi connectivity index (χ3n) is 10.1. The third-order valence-corrected chi connectivity index (χ3v) is 16.3. The summed E-state index contributed by atoms with van der Waals surface area (Å²) in [5.74, 6) is 0. The van der Waals surface area contributed by atoms with E-state index >= 15 is 9.13 Å². The number of benzene rings is 7. The van der Waals surface area contributed by atoms with Crippen molar-refractivity contribution < 1.29 is 9.13 Å². The fourth-order valence-corrected chi connectivity index (χ4v) is 14.1. The van der Waals surface area contributed by atoms with Crippen LogP contribution in [-0.2, 0) is 9.13 Å². The lowest BCUT2D eigenvalue weighted by atomic mass is 10.0. The minimum Gasteiger partial charge on any atom is -0.308 e. The van der Waals surface area contributed by atoms with Gasteiger partial charge in [-0.05, 0) is 89.3 Å². The van der Waals surface area contributed by atoms with Gasteiger partial charge in [0.05, 0.1) is 35.3 Å². The topological polar surface area (TPSA) is 65.5 Å². The summed E-state index contributed by atoms with van der Waals surface area (Å²) in [6.45, 7) is 9.58. The highest BCUT2D eigenvalue weighted by Gasteiger charge is 2.50. The lowest BCUT2D eigenvalue weighted by Gasteiger charge is -2.44. The van der Waals surface area contributed by atoms with Crippen molar-refractivity contribution in [2.75, 3.05) is 4.90 Å². The van der Waals surface area contributed by atoms with E-state index in [0.29, 0.717) is 48.8 Å². The number of anilines is 3. The van der Waals surface area contributed by atoms with Gasteiger partial charge in [0.2, 0.25) is 0 Å². The van der Waals surface area contributed by atoms with Crippen LogP contribution in [0.15, 0.2) is 158 Å². The number of fused-ring (bicyclic) bond motifs is 4. The van der Waals surface area contributed by atoms with E-state index in [2.05, 4.69) is 15.8 Å². The Bertz CT molecular complexity index is 2610. The van der Waals surface area contributed by atoms with E-state index in [0.717, 1.165) is 39.2 Å². The van der Waals surface area contributed by atoms with Gasteiger partial charge in [-0.2, -0.15) is 5.26 Å². The molecule has 0 amide bonds. The van der Waals surface area contributed by atoms with Gasteiger partial charge in [0.25, 0.3) is 0 Å². The van der Waals surface area contributed by atoms with Gasteiger partial charge in [-0.1, -0.05) is 103 Å². The molecule has 2 atom stereocenters. The highest BCUT2D eigenvalue weighted by atomic mass is 31.2. The van der Waals surface area contributed by atoms with Crippen LogP contribution >= 0.6 is 14.3 Å². The Kier molecular flexibility index (Phi) is 7.29. The highest BCUT2D eigenvalue weighted by molar-refractivity contribution is 7.88.